The topological polar surface area (TPSA) is 74.6 Å². The van der Waals surface area contributed by atoms with Crippen molar-refractivity contribution in [1.82, 2.24) is 0 Å². The number of carbonyl (C=O) groups is 2. The molecule has 4 aromatic rings. The smallest absolute Gasteiger partial charge is 0.291 e. The monoisotopic (exact) mass is 423 g/mol. The van der Waals surface area contributed by atoms with Crippen molar-refractivity contribution in [2.24, 2.45) is 0 Å². The van der Waals surface area contributed by atoms with Gasteiger partial charge < -0.3 is 20.0 Å². The molecule has 0 saturated carbocycles. The van der Waals surface area contributed by atoms with Gasteiger partial charge in [-0.25, -0.2) is 0 Å². The number of furan rings is 1. The zero-order valence-electron chi connectivity index (χ0n) is 17.2. The largest absolute Gasteiger partial charge is 0.459 e. The van der Waals surface area contributed by atoms with E-state index in [-0.39, 0.29) is 17.6 Å². The minimum absolute atomic E-state index is 0.215. The zero-order chi connectivity index (χ0) is 21.9. The molecular weight excluding hydrogens is 402 g/mol. The zero-order valence-corrected chi connectivity index (χ0v) is 17.2. The highest BCUT2D eigenvalue weighted by atomic mass is 16.3. The van der Waals surface area contributed by atoms with Crippen LogP contribution >= 0.6 is 0 Å². The van der Waals surface area contributed by atoms with Crippen molar-refractivity contribution < 1.29 is 14.0 Å². The Balaban J connectivity index is 1.22. The van der Waals surface area contributed by atoms with Crippen LogP contribution in [0.5, 0.6) is 0 Å². The van der Waals surface area contributed by atoms with Gasteiger partial charge in [0, 0.05) is 34.9 Å². The molecule has 0 radical (unpaired) electrons. The number of carbonyl (C=O) groups excluding carboxylic acids is 2. The second-order valence-electron chi connectivity index (χ2n) is 7.54. The summed E-state index contributed by atoms with van der Waals surface area (Å²) in [5, 5.41) is 5.65. The van der Waals surface area contributed by atoms with Crippen LogP contribution in [0.1, 0.15) is 26.5 Å². The van der Waals surface area contributed by atoms with Gasteiger partial charge >= 0.3 is 0 Å². The Hall–Kier alpha value is -4.32. The maximum Gasteiger partial charge on any atom is 0.291 e. The lowest BCUT2D eigenvalue weighted by molar-refractivity contribution is 0.0995. The molecule has 0 unspecified atom stereocenters. The van der Waals surface area contributed by atoms with Gasteiger partial charge in [0.2, 0.25) is 0 Å². The molecule has 0 aliphatic carbocycles. The Kier molecular flexibility index (Phi) is 5.17. The first-order valence-electron chi connectivity index (χ1n) is 10.4. The minimum Gasteiger partial charge on any atom is -0.459 e. The molecule has 2 amide bonds. The molecule has 0 fully saturated rings. The first kappa shape index (κ1) is 19.6. The Labute approximate surface area is 185 Å². The summed E-state index contributed by atoms with van der Waals surface area (Å²) in [5.74, 6) is -0.325. The van der Waals surface area contributed by atoms with Crippen LogP contribution in [0.3, 0.4) is 0 Å². The third-order valence-corrected chi connectivity index (χ3v) is 5.47. The minimum atomic E-state index is -0.340. The molecule has 0 bridgehead atoms. The van der Waals surface area contributed by atoms with Gasteiger partial charge in [-0.3, -0.25) is 9.59 Å². The predicted molar refractivity (Wildman–Crippen MR) is 125 cm³/mol. The summed E-state index contributed by atoms with van der Waals surface area (Å²) in [7, 11) is 0. The van der Waals surface area contributed by atoms with Crippen LogP contribution < -0.4 is 15.5 Å². The standard InChI is InChI=1S/C26H21N3O3/c30-25(19-7-9-20(10-8-19)28-26(31)24-6-3-17-32-24)27-21-11-13-22(14-12-21)29-16-15-18-4-1-2-5-23(18)29/h1-14,17H,15-16H2,(H,27,30)(H,28,31). The van der Waals surface area contributed by atoms with Gasteiger partial charge in [-0.05, 0) is 78.7 Å². The number of benzene rings is 3. The Bertz CT molecular complexity index is 1250. The lowest BCUT2D eigenvalue weighted by Gasteiger charge is -2.20. The van der Waals surface area contributed by atoms with Crippen molar-refractivity contribution >= 4 is 34.6 Å². The summed E-state index contributed by atoms with van der Waals surface area (Å²) in [5.41, 5.74) is 5.50. The van der Waals surface area contributed by atoms with Gasteiger partial charge in [-0.1, -0.05) is 18.2 Å². The lowest BCUT2D eigenvalue weighted by atomic mass is 10.1. The molecule has 6 nitrogen and oxygen atoms in total. The molecule has 0 saturated heterocycles. The fourth-order valence-electron chi connectivity index (χ4n) is 3.84. The number of hydrogen-bond donors (Lipinski definition) is 2. The number of anilines is 4. The van der Waals surface area contributed by atoms with E-state index in [2.05, 4.69) is 39.8 Å². The third kappa shape index (κ3) is 3.98. The normalized spacial score (nSPS) is 12.3. The van der Waals surface area contributed by atoms with E-state index in [1.165, 1.54) is 17.5 Å². The van der Waals surface area contributed by atoms with Crippen LogP contribution in [-0.4, -0.2) is 18.4 Å². The fraction of sp³-hybridized carbons (Fsp3) is 0.0769. The molecule has 6 heteroatoms. The van der Waals surface area contributed by atoms with Crippen molar-refractivity contribution in [2.75, 3.05) is 22.1 Å². The van der Waals surface area contributed by atoms with E-state index in [0.29, 0.717) is 11.3 Å². The summed E-state index contributed by atoms with van der Waals surface area (Å²) in [6.45, 7) is 0.952. The van der Waals surface area contributed by atoms with Crippen LogP contribution in [0.4, 0.5) is 22.7 Å². The maximum absolute atomic E-state index is 12.6. The first-order valence-corrected chi connectivity index (χ1v) is 10.4. The highest BCUT2D eigenvalue weighted by Crippen LogP contribution is 2.34. The van der Waals surface area contributed by atoms with E-state index in [0.717, 1.165) is 24.3 Å². The van der Waals surface area contributed by atoms with E-state index in [9.17, 15) is 9.59 Å². The molecular formula is C26H21N3O3. The maximum atomic E-state index is 12.6. The van der Waals surface area contributed by atoms with E-state index >= 15 is 0 Å². The molecule has 3 aromatic carbocycles. The van der Waals surface area contributed by atoms with Crippen molar-refractivity contribution in [1.29, 1.82) is 0 Å². The van der Waals surface area contributed by atoms with Crippen LogP contribution in [0, 0.1) is 0 Å². The quantitative estimate of drug-likeness (QED) is 0.446. The van der Waals surface area contributed by atoms with Crippen molar-refractivity contribution in [3.8, 4) is 0 Å². The number of nitrogens with zero attached hydrogens (tertiary/aromatic N) is 1. The van der Waals surface area contributed by atoms with Crippen LogP contribution in [0.15, 0.2) is 95.6 Å². The van der Waals surface area contributed by atoms with Gasteiger partial charge in [0.05, 0.1) is 6.26 Å². The Morgan fingerprint density at radius 3 is 2.16 bits per heavy atom. The number of amides is 2. The summed E-state index contributed by atoms with van der Waals surface area (Å²) in [4.78, 5) is 26.9. The average molecular weight is 423 g/mol. The summed E-state index contributed by atoms with van der Waals surface area (Å²) >= 11 is 0. The Morgan fingerprint density at radius 1 is 0.750 bits per heavy atom. The molecule has 2 heterocycles. The number of hydrogen-bond acceptors (Lipinski definition) is 4. The van der Waals surface area contributed by atoms with E-state index in [1.807, 2.05) is 24.3 Å². The van der Waals surface area contributed by atoms with Crippen LogP contribution in [0.25, 0.3) is 0 Å². The predicted octanol–water partition coefficient (Wildman–Crippen LogP) is 5.48. The molecule has 0 atom stereocenters. The van der Waals surface area contributed by atoms with Gasteiger partial charge in [0.1, 0.15) is 0 Å². The van der Waals surface area contributed by atoms with Gasteiger partial charge in [-0.15, -0.1) is 0 Å². The second kappa shape index (κ2) is 8.43. The lowest BCUT2D eigenvalue weighted by Crippen LogP contribution is -2.14. The molecule has 158 valence electrons. The number of nitrogens with one attached hydrogen (secondary N) is 2. The second-order valence-corrected chi connectivity index (χ2v) is 7.54. The summed E-state index contributed by atoms with van der Waals surface area (Å²) < 4.78 is 5.07. The fourth-order valence-corrected chi connectivity index (χ4v) is 3.84. The SMILES string of the molecule is O=C(Nc1ccc(N2CCc3ccccc32)cc1)c1ccc(NC(=O)c2ccco2)cc1. The van der Waals surface area contributed by atoms with E-state index in [4.69, 9.17) is 4.42 Å². The van der Waals surface area contributed by atoms with Gasteiger partial charge in [0.15, 0.2) is 5.76 Å². The molecule has 2 N–H and O–H groups in total. The molecule has 32 heavy (non-hydrogen) atoms. The highest BCUT2D eigenvalue weighted by Gasteiger charge is 2.19. The number of rotatable bonds is 5. The Morgan fingerprint density at radius 2 is 1.44 bits per heavy atom. The van der Waals surface area contributed by atoms with Gasteiger partial charge in [0.25, 0.3) is 11.8 Å². The number of para-hydroxylation sites is 1. The molecule has 1 aliphatic rings. The molecule has 1 aliphatic heterocycles. The van der Waals surface area contributed by atoms with Crippen molar-refractivity contribution in [2.45, 2.75) is 6.42 Å². The average Bonchev–Trinajstić information content (AvgIpc) is 3.51. The van der Waals surface area contributed by atoms with Crippen LogP contribution in [0.2, 0.25) is 0 Å². The third-order valence-electron chi connectivity index (χ3n) is 5.47. The molecule has 0 spiro atoms. The van der Waals surface area contributed by atoms with Crippen molar-refractivity contribution in [3.63, 3.8) is 0 Å². The molecule has 1 aromatic heterocycles. The number of fused-ring (bicyclic) bond motifs is 1. The molecule has 5 rings (SSSR count). The highest BCUT2D eigenvalue weighted by molar-refractivity contribution is 6.05. The summed E-state index contributed by atoms with van der Waals surface area (Å²) in [6, 6.07) is 26.2. The van der Waals surface area contributed by atoms with Crippen molar-refractivity contribution in [3.05, 3.63) is 108 Å². The first-order chi connectivity index (χ1) is 15.7. The summed E-state index contributed by atoms with van der Waals surface area (Å²) in [6.07, 6.45) is 2.48. The van der Waals surface area contributed by atoms with Crippen LogP contribution in [-0.2, 0) is 6.42 Å². The van der Waals surface area contributed by atoms with E-state index < -0.39 is 0 Å². The van der Waals surface area contributed by atoms with E-state index in [1.54, 1.807) is 36.4 Å². The van der Waals surface area contributed by atoms with Gasteiger partial charge in [-0.2, -0.15) is 0 Å².